The van der Waals surface area contributed by atoms with Crippen LogP contribution in [0.4, 0.5) is 0 Å². The van der Waals surface area contributed by atoms with Gasteiger partial charge < -0.3 is 9.79 Å². The minimum Gasteiger partial charge on any atom is -0.352 e. The van der Waals surface area contributed by atoms with Gasteiger partial charge in [-0.2, -0.15) is 0 Å². The van der Waals surface area contributed by atoms with Crippen molar-refractivity contribution in [1.29, 1.82) is 0 Å². The van der Waals surface area contributed by atoms with Gasteiger partial charge in [-0.05, 0) is 177 Å². The second-order valence-electron chi connectivity index (χ2n) is 37.1. The molecule has 2 atom stereocenters. The van der Waals surface area contributed by atoms with Gasteiger partial charge in [0.25, 0.3) is 0 Å². The van der Waals surface area contributed by atoms with Crippen LogP contribution in [0.25, 0.3) is 89.0 Å². The highest BCUT2D eigenvalue weighted by molar-refractivity contribution is 7.39. The highest BCUT2D eigenvalue weighted by Gasteiger charge is 2.28. The van der Waals surface area contributed by atoms with E-state index in [1.54, 1.807) is 0 Å². The molecule has 2 unspecified atom stereocenters. The Morgan fingerprint density at radius 2 is 0.321 bits per heavy atom. The third-order valence-corrected chi connectivity index (χ3v) is 20.8. The van der Waals surface area contributed by atoms with Crippen molar-refractivity contribution in [1.82, 2.24) is 0 Å². The van der Waals surface area contributed by atoms with E-state index < -0.39 is 18.1 Å². The molecule has 0 aliphatic rings. The summed E-state index contributed by atoms with van der Waals surface area (Å²) in [6.45, 7) is 55.0. The molecule has 0 radical (unpaired) electrons. The van der Waals surface area contributed by atoms with Gasteiger partial charge in [-0.25, -0.2) is 0 Å². The number of hydrogen-bond donors (Lipinski definition) is 2. The van der Waals surface area contributed by atoms with Gasteiger partial charge in [-0.15, -0.1) is 0 Å². The molecule has 3 nitrogen and oxygen atoms in total. The van der Waals surface area contributed by atoms with Gasteiger partial charge in [0, 0.05) is 0 Å². The van der Waals surface area contributed by atoms with Crippen LogP contribution in [0.1, 0.15) is 211 Å². The van der Waals surface area contributed by atoms with Crippen molar-refractivity contribution in [2.75, 3.05) is 0 Å². The Kier molecular flexibility index (Phi) is 28.8. The molecule has 568 valence electrons. The van der Waals surface area contributed by atoms with Gasteiger partial charge in [-0.3, -0.25) is 4.31 Å². The lowest BCUT2D eigenvalue weighted by molar-refractivity contribution is 0.496. The second-order valence-corrected chi connectivity index (χ2v) is 38.3. The van der Waals surface area contributed by atoms with E-state index in [-0.39, 0.29) is 43.3 Å². The van der Waals surface area contributed by atoms with E-state index in [2.05, 4.69) is 462 Å². The van der Waals surface area contributed by atoms with Crippen LogP contribution >= 0.6 is 18.1 Å². The molecule has 0 heterocycles. The Morgan fingerprint density at radius 3 is 0.450 bits per heavy atom. The normalized spacial score (nSPS) is 12.3. The van der Waals surface area contributed by atoms with Crippen molar-refractivity contribution in [3.05, 3.63) is 336 Å². The SMILES string of the molecule is CC(C)(C)c1ccc(-c2ccc(-c3ccccc3)cc2)c(C(C)(C)C)c1.CC(C)(C)c1ccc(-c2ccc(-c3ccccc3)cc2)c(C(C)(C)C)c1.CC(C)(C)c1ccc(-c2ccc(-c3ccccc3)cc2)c(C(C)(C)C)c1.CC(C)(C)c1ccc(-c2ccc(-c3ccccc3)cc2)c(C(C)(C)C)c1.OPOPO. The van der Waals surface area contributed by atoms with Crippen molar-refractivity contribution in [3.8, 4) is 89.0 Å². The summed E-state index contributed by atoms with van der Waals surface area (Å²) in [5.41, 5.74) is 32.9. The van der Waals surface area contributed by atoms with E-state index in [1.165, 1.54) is 134 Å². The maximum Gasteiger partial charge on any atom is 0.158 e. The molecule has 0 saturated carbocycles. The Bertz CT molecular complexity index is 4190. The highest BCUT2D eigenvalue weighted by Crippen LogP contribution is 2.43. The lowest BCUT2D eigenvalue weighted by Crippen LogP contribution is -2.17. The van der Waals surface area contributed by atoms with Crippen LogP contribution in [0.3, 0.4) is 0 Å². The number of hydrogen-bond acceptors (Lipinski definition) is 3. The van der Waals surface area contributed by atoms with E-state index in [0.717, 1.165) is 0 Å². The van der Waals surface area contributed by atoms with Crippen LogP contribution in [-0.4, -0.2) is 9.79 Å². The Hall–Kier alpha value is -8.62. The monoisotopic (exact) mass is 1480 g/mol. The standard InChI is InChI=1S/4C26H30.H4O3P2/c4*1-25(2,3)22-16-17-23(24(18-22)26(4,5)6)21-14-12-20(13-15-21)19-10-8-7-9-11-19;1-4-3-5-2/h4*7-18H,1-6H3;1-2,4-5H. The van der Waals surface area contributed by atoms with Gasteiger partial charge in [0.2, 0.25) is 0 Å². The van der Waals surface area contributed by atoms with Gasteiger partial charge in [0.15, 0.2) is 18.1 Å². The molecule has 12 aromatic rings. The zero-order valence-electron chi connectivity index (χ0n) is 70.0. The molecule has 0 aliphatic heterocycles. The molecule has 0 saturated heterocycles. The van der Waals surface area contributed by atoms with Gasteiger partial charge >= 0.3 is 0 Å². The van der Waals surface area contributed by atoms with Crippen molar-refractivity contribution in [2.24, 2.45) is 0 Å². The molecule has 12 aromatic carbocycles. The van der Waals surface area contributed by atoms with E-state index in [9.17, 15) is 0 Å². The number of rotatable bonds is 10. The summed E-state index contributed by atoms with van der Waals surface area (Å²) in [5.74, 6) is 0. The largest absolute Gasteiger partial charge is 0.352 e. The van der Waals surface area contributed by atoms with Crippen molar-refractivity contribution < 1.29 is 14.1 Å². The fourth-order valence-electron chi connectivity index (χ4n) is 13.4. The second kappa shape index (κ2) is 36.5. The maximum atomic E-state index is 7.72. The molecular formula is C104H124O3P2. The van der Waals surface area contributed by atoms with Crippen LogP contribution < -0.4 is 0 Å². The summed E-state index contributed by atoms with van der Waals surface area (Å²) in [5, 5.41) is 0. The Morgan fingerprint density at radius 1 is 0.174 bits per heavy atom. The molecule has 0 fully saturated rings. The summed E-state index contributed by atoms with van der Waals surface area (Å²) >= 11 is 0. The minimum absolute atomic E-state index is 0.106. The smallest absolute Gasteiger partial charge is 0.158 e. The van der Waals surface area contributed by atoms with Crippen molar-refractivity contribution in [3.63, 3.8) is 0 Å². The summed E-state index contributed by atoms with van der Waals surface area (Å²) < 4.78 is 4.00. The fourth-order valence-corrected chi connectivity index (χ4v) is 13.6. The predicted molar refractivity (Wildman–Crippen MR) is 481 cm³/mol. The van der Waals surface area contributed by atoms with Crippen LogP contribution in [0.2, 0.25) is 0 Å². The molecule has 109 heavy (non-hydrogen) atoms. The third kappa shape index (κ3) is 24.2. The lowest BCUT2D eigenvalue weighted by atomic mass is 9.77. The lowest BCUT2D eigenvalue weighted by Gasteiger charge is -2.27. The molecule has 0 spiro atoms. The van der Waals surface area contributed by atoms with Crippen LogP contribution in [0, 0.1) is 0 Å². The van der Waals surface area contributed by atoms with E-state index >= 15 is 0 Å². The first-order valence-corrected chi connectivity index (χ1v) is 40.4. The Labute approximate surface area is 662 Å². The van der Waals surface area contributed by atoms with Crippen molar-refractivity contribution >= 4 is 18.1 Å². The first-order valence-electron chi connectivity index (χ1n) is 38.7. The predicted octanol–water partition coefficient (Wildman–Crippen LogP) is 30.5. The van der Waals surface area contributed by atoms with Gasteiger partial charge in [0.05, 0.1) is 0 Å². The maximum absolute atomic E-state index is 7.72. The average molecular weight is 1480 g/mol. The van der Waals surface area contributed by atoms with E-state index in [1.807, 2.05) is 0 Å². The number of benzene rings is 12. The first kappa shape index (κ1) is 86.0. The quantitative estimate of drug-likeness (QED) is 0.134. The average Bonchev–Trinajstić information content (AvgIpc) is 0.798. The summed E-state index contributed by atoms with van der Waals surface area (Å²) in [6.07, 6.45) is 0. The van der Waals surface area contributed by atoms with E-state index in [4.69, 9.17) is 9.79 Å². The molecule has 0 bridgehead atoms. The molecule has 0 aliphatic carbocycles. The molecule has 5 heteroatoms. The van der Waals surface area contributed by atoms with Crippen LogP contribution in [0.5, 0.6) is 0 Å². The summed E-state index contributed by atoms with van der Waals surface area (Å²) in [6, 6.07) is 106. The molecule has 12 rings (SSSR count). The Balaban J connectivity index is 0.000000179. The molecule has 0 amide bonds. The zero-order valence-corrected chi connectivity index (χ0v) is 72.0. The van der Waals surface area contributed by atoms with Gasteiger partial charge in [0.1, 0.15) is 0 Å². The summed E-state index contributed by atoms with van der Waals surface area (Å²) in [4.78, 5) is 15.4. The molecular weight excluding hydrogens is 1360 g/mol. The zero-order chi connectivity index (χ0) is 79.9. The summed E-state index contributed by atoms with van der Waals surface area (Å²) in [7, 11) is -1.16. The van der Waals surface area contributed by atoms with Crippen LogP contribution in [-0.2, 0) is 47.6 Å². The minimum atomic E-state index is -0.580. The first-order chi connectivity index (χ1) is 51.1. The van der Waals surface area contributed by atoms with Crippen LogP contribution in [0.15, 0.2) is 291 Å². The van der Waals surface area contributed by atoms with E-state index in [0.29, 0.717) is 0 Å². The third-order valence-electron chi connectivity index (χ3n) is 20.1. The van der Waals surface area contributed by atoms with Gasteiger partial charge in [-0.1, -0.05) is 457 Å². The highest BCUT2D eigenvalue weighted by atomic mass is 31.2. The molecule has 0 aromatic heterocycles. The fraction of sp³-hybridized carbons (Fsp3) is 0.308. The molecule has 2 N–H and O–H groups in total. The topological polar surface area (TPSA) is 49.7 Å². The van der Waals surface area contributed by atoms with Crippen molar-refractivity contribution in [2.45, 2.75) is 209 Å².